The van der Waals surface area contributed by atoms with Crippen LogP contribution in [0.2, 0.25) is 0 Å². The topological polar surface area (TPSA) is 58.6 Å². The second kappa shape index (κ2) is 7.56. The zero-order valence-corrected chi connectivity index (χ0v) is 12.3. The van der Waals surface area contributed by atoms with Crippen molar-refractivity contribution in [1.29, 1.82) is 0 Å². The first-order chi connectivity index (χ1) is 10.6. The fraction of sp³-hybridized carbons (Fsp3) is 0.235. The Bertz CT molecular complexity index is 645. The number of amides is 1. The van der Waals surface area contributed by atoms with Crippen LogP contribution >= 0.6 is 0 Å². The molecule has 0 aliphatic rings. The molecule has 2 N–H and O–H groups in total. The first-order valence-electron chi connectivity index (χ1n) is 6.95. The molecule has 1 unspecified atom stereocenters. The Morgan fingerprint density at radius 3 is 2.77 bits per heavy atom. The monoisotopic (exact) mass is 303 g/mol. The summed E-state index contributed by atoms with van der Waals surface area (Å²) in [6.45, 7) is 1.70. The molecule has 0 aliphatic heterocycles. The van der Waals surface area contributed by atoms with Gasteiger partial charge in [-0.1, -0.05) is 30.3 Å². The van der Waals surface area contributed by atoms with Crippen LogP contribution in [0.25, 0.3) is 0 Å². The Hall–Kier alpha value is -2.40. The third-order valence-electron chi connectivity index (χ3n) is 3.12. The number of aliphatic hydroxyl groups excluding tert-OH is 1. The van der Waals surface area contributed by atoms with Crippen LogP contribution in [0, 0.1) is 12.7 Å². The molecule has 0 fully saturated rings. The van der Waals surface area contributed by atoms with Crippen LogP contribution in [-0.2, 0) is 4.79 Å². The minimum absolute atomic E-state index is 0.0725. The average Bonchev–Trinajstić information content (AvgIpc) is 2.51. The summed E-state index contributed by atoms with van der Waals surface area (Å²) in [4.78, 5) is 11.7. The maximum absolute atomic E-state index is 13.5. The van der Waals surface area contributed by atoms with Gasteiger partial charge >= 0.3 is 0 Å². The fourth-order valence-electron chi connectivity index (χ4n) is 1.97. The van der Waals surface area contributed by atoms with E-state index in [0.29, 0.717) is 5.75 Å². The molecule has 0 aromatic heterocycles. The standard InChI is InChI=1S/C17H18FNO3/c1-12-5-4-6-13(9-12)22-11-17(21)19-10-16(20)14-7-2-3-8-15(14)18/h2-9,16,20H,10-11H2,1H3,(H,19,21). The van der Waals surface area contributed by atoms with Crippen molar-refractivity contribution in [2.24, 2.45) is 0 Å². The van der Waals surface area contributed by atoms with Gasteiger partial charge in [-0.2, -0.15) is 0 Å². The van der Waals surface area contributed by atoms with Gasteiger partial charge in [0.15, 0.2) is 6.61 Å². The molecule has 22 heavy (non-hydrogen) atoms. The third kappa shape index (κ3) is 4.56. The van der Waals surface area contributed by atoms with Gasteiger partial charge in [0.2, 0.25) is 0 Å². The molecule has 0 radical (unpaired) electrons. The Labute approximate surface area is 128 Å². The molecule has 2 aromatic rings. The molecule has 5 heteroatoms. The van der Waals surface area contributed by atoms with Gasteiger partial charge in [-0.05, 0) is 30.7 Å². The van der Waals surface area contributed by atoms with E-state index in [2.05, 4.69) is 5.32 Å². The third-order valence-corrected chi connectivity index (χ3v) is 3.12. The van der Waals surface area contributed by atoms with Gasteiger partial charge in [-0.15, -0.1) is 0 Å². The number of nitrogens with one attached hydrogen (secondary N) is 1. The summed E-state index contributed by atoms with van der Waals surface area (Å²) in [6, 6.07) is 13.3. The molecule has 0 bridgehead atoms. The first-order valence-corrected chi connectivity index (χ1v) is 6.95. The second-order valence-corrected chi connectivity index (χ2v) is 4.95. The molecule has 0 spiro atoms. The summed E-state index contributed by atoms with van der Waals surface area (Å²) in [5.41, 5.74) is 1.19. The molecular weight excluding hydrogens is 285 g/mol. The van der Waals surface area contributed by atoms with Gasteiger partial charge < -0.3 is 15.2 Å². The van der Waals surface area contributed by atoms with E-state index in [-0.39, 0.29) is 24.6 Å². The van der Waals surface area contributed by atoms with E-state index in [1.807, 2.05) is 25.1 Å². The molecule has 0 saturated heterocycles. The van der Waals surface area contributed by atoms with Gasteiger partial charge in [-0.3, -0.25) is 4.79 Å². The number of hydrogen-bond donors (Lipinski definition) is 2. The number of hydrogen-bond acceptors (Lipinski definition) is 3. The van der Waals surface area contributed by atoms with Crippen molar-refractivity contribution in [2.75, 3.05) is 13.2 Å². The van der Waals surface area contributed by atoms with Crippen molar-refractivity contribution in [3.63, 3.8) is 0 Å². The highest BCUT2D eigenvalue weighted by atomic mass is 19.1. The minimum atomic E-state index is -1.09. The van der Waals surface area contributed by atoms with Crippen LogP contribution in [0.15, 0.2) is 48.5 Å². The maximum Gasteiger partial charge on any atom is 0.258 e. The molecule has 0 heterocycles. The summed E-state index contributed by atoms with van der Waals surface area (Å²) in [5.74, 6) is -0.276. The Morgan fingerprint density at radius 2 is 2.05 bits per heavy atom. The van der Waals surface area contributed by atoms with E-state index < -0.39 is 11.9 Å². The summed E-state index contributed by atoms with van der Waals surface area (Å²) >= 11 is 0. The molecule has 4 nitrogen and oxygen atoms in total. The molecule has 1 amide bonds. The lowest BCUT2D eigenvalue weighted by molar-refractivity contribution is -0.123. The molecule has 1 atom stereocenters. The molecule has 0 aliphatic carbocycles. The van der Waals surface area contributed by atoms with Gasteiger partial charge in [-0.25, -0.2) is 4.39 Å². The fourth-order valence-corrected chi connectivity index (χ4v) is 1.97. The van der Waals surface area contributed by atoms with E-state index in [9.17, 15) is 14.3 Å². The van der Waals surface area contributed by atoms with Crippen molar-refractivity contribution in [1.82, 2.24) is 5.32 Å². The quantitative estimate of drug-likeness (QED) is 0.861. The summed E-state index contributed by atoms with van der Waals surface area (Å²) < 4.78 is 18.8. The minimum Gasteiger partial charge on any atom is -0.484 e. The largest absolute Gasteiger partial charge is 0.484 e. The van der Waals surface area contributed by atoms with E-state index in [1.54, 1.807) is 18.2 Å². The summed E-state index contributed by atoms with van der Waals surface area (Å²) in [6.07, 6.45) is -1.09. The number of carbonyl (C=O) groups excluding carboxylic acids is 1. The molecular formula is C17H18FNO3. The second-order valence-electron chi connectivity index (χ2n) is 4.95. The van der Waals surface area contributed by atoms with E-state index in [1.165, 1.54) is 12.1 Å². The van der Waals surface area contributed by atoms with Crippen molar-refractivity contribution in [3.8, 4) is 5.75 Å². The van der Waals surface area contributed by atoms with Crippen molar-refractivity contribution < 1.29 is 19.0 Å². The lowest BCUT2D eigenvalue weighted by Crippen LogP contribution is -2.32. The van der Waals surface area contributed by atoms with Gasteiger partial charge in [0.1, 0.15) is 11.6 Å². The number of rotatable bonds is 6. The highest BCUT2D eigenvalue weighted by Crippen LogP contribution is 2.15. The number of benzene rings is 2. The smallest absolute Gasteiger partial charge is 0.258 e. The lowest BCUT2D eigenvalue weighted by atomic mass is 10.1. The predicted molar refractivity (Wildman–Crippen MR) is 81.0 cm³/mol. The van der Waals surface area contributed by atoms with Crippen LogP contribution in [-0.4, -0.2) is 24.2 Å². The van der Waals surface area contributed by atoms with Crippen LogP contribution in [0.1, 0.15) is 17.2 Å². The first kappa shape index (κ1) is 16.0. The Kier molecular flexibility index (Phi) is 5.49. The zero-order chi connectivity index (χ0) is 15.9. The number of aryl methyl sites for hydroxylation is 1. The normalized spacial score (nSPS) is 11.8. The molecule has 2 aromatic carbocycles. The molecule has 2 rings (SSSR count). The van der Waals surface area contributed by atoms with Gasteiger partial charge in [0, 0.05) is 12.1 Å². The Balaban J connectivity index is 1.79. The number of aliphatic hydroxyl groups is 1. The van der Waals surface area contributed by atoms with Crippen molar-refractivity contribution in [3.05, 3.63) is 65.5 Å². The van der Waals surface area contributed by atoms with E-state index >= 15 is 0 Å². The van der Waals surface area contributed by atoms with Crippen LogP contribution in [0.3, 0.4) is 0 Å². The lowest BCUT2D eigenvalue weighted by Gasteiger charge is -2.13. The van der Waals surface area contributed by atoms with Gasteiger partial charge in [0.25, 0.3) is 5.91 Å². The van der Waals surface area contributed by atoms with Crippen LogP contribution < -0.4 is 10.1 Å². The highest BCUT2D eigenvalue weighted by molar-refractivity contribution is 5.77. The number of halogens is 1. The molecule has 0 saturated carbocycles. The van der Waals surface area contributed by atoms with Crippen molar-refractivity contribution >= 4 is 5.91 Å². The van der Waals surface area contributed by atoms with Gasteiger partial charge in [0.05, 0.1) is 6.10 Å². The number of carbonyl (C=O) groups is 1. The van der Waals surface area contributed by atoms with E-state index in [4.69, 9.17) is 4.74 Å². The highest BCUT2D eigenvalue weighted by Gasteiger charge is 2.13. The molecule has 116 valence electrons. The predicted octanol–water partition coefficient (Wildman–Crippen LogP) is 2.36. The number of ether oxygens (including phenoxy) is 1. The van der Waals surface area contributed by atoms with Crippen molar-refractivity contribution in [2.45, 2.75) is 13.0 Å². The summed E-state index contributed by atoms with van der Waals surface area (Å²) in [7, 11) is 0. The SMILES string of the molecule is Cc1cccc(OCC(=O)NCC(O)c2ccccc2F)c1. The van der Waals surface area contributed by atoms with Crippen LogP contribution in [0.5, 0.6) is 5.75 Å². The zero-order valence-electron chi connectivity index (χ0n) is 12.3. The average molecular weight is 303 g/mol. The van der Waals surface area contributed by atoms with E-state index in [0.717, 1.165) is 5.56 Å². The Morgan fingerprint density at radius 1 is 1.27 bits per heavy atom. The van der Waals surface area contributed by atoms with Crippen LogP contribution in [0.4, 0.5) is 4.39 Å². The maximum atomic E-state index is 13.5. The summed E-state index contributed by atoms with van der Waals surface area (Å²) in [5, 5.41) is 12.4.